The Hall–Kier alpha value is -1.27. The van der Waals surface area contributed by atoms with E-state index in [9.17, 15) is 0 Å². The Labute approximate surface area is 141 Å². The molecule has 2 fully saturated rings. The minimum Gasteiger partial charge on any atom is -0.374 e. The van der Waals surface area contributed by atoms with Crippen molar-refractivity contribution in [1.82, 2.24) is 9.88 Å². The molecule has 23 heavy (non-hydrogen) atoms. The molecule has 2 aromatic heterocycles. The molecule has 0 radical (unpaired) electrons. The van der Waals surface area contributed by atoms with Crippen molar-refractivity contribution in [3.8, 4) is 0 Å². The van der Waals surface area contributed by atoms with Crippen LogP contribution in [0.25, 0.3) is 0 Å². The number of fused-ring (bicyclic) bond motifs is 1. The van der Waals surface area contributed by atoms with Gasteiger partial charge in [-0.25, -0.2) is 0 Å². The maximum Gasteiger partial charge on any atom is 0.100 e. The molecule has 0 amide bonds. The Balaban J connectivity index is 1.42. The fraction of sp³-hybridized carbons (Fsp3) is 0.500. The zero-order valence-electron chi connectivity index (χ0n) is 13.1. The first-order chi connectivity index (χ1) is 11.4. The van der Waals surface area contributed by atoms with Crippen LogP contribution in [-0.4, -0.2) is 41.3 Å². The average molecular weight is 330 g/mol. The zero-order chi connectivity index (χ0) is 15.5. The third-order valence-electron chi connectivity index (χ3n) is 4.74. The standard InChI is InChI=1S/C18H22N2O2S/c1-3-14(9-19-6-1)12-22-17-11-20(10-15-5-8-23-13-15)16-4-2-7-21-18(16)17/h1,3,5-6,8-9,13,16-18H,2,4,7,10-12H2/t16-,17+,18+/m0/s1. The highest BCUT2D eigenvalue weighted by Gasteiger charge is 2.44. The number of hydrogen-bond donors (Lipinski definition) is 0. The SMILES string of the molecule is c1cncc(CO[C@@H]2CN(Cc3ccsc3)[C@H]3CCCO[C@@H]23)c1. The molecule has 0 aromatic carbocycles. The molecule has 4 rings (SSSR count). The van der Waals surface area contributed by atoms with E-state index in [2.05, 4.69) is 32.8 Å². The van der Waals surface area contributed by atoms with Gasteiger partial charge in [0, 0.05) is 38.1 Å². The van der Waals surface area contributed by atoms with Crippen molar-refractivity contribution in [2.75, 3.05) is 13.2 Å². The average Bonchev–Trinajstić information content (AvgIpc) is 3.23. The van der Waals surface area contributed by atoms with Crippen LogP contribution in [-0.2, 0) is 22.6 Å². The Kier molecular flexibility index (Phi) is 4.71. The molecule has 4 heterocycles. The normalized spacial score (nSPS) is 27.9. The molecule has 2 aliphatic heterocycles. The summed E-state index contributed by atoms with van der Waals surface area (Å²) in [5.41, 5.74) is 2.52. The molecular weight excluding hydrogens is 308 g/mol. The van der Waals surface area contributed by atoms with Gasteiger partial charge < -0.3 is 9.47 Å². The van der Waals surface area contributed by atoms with Crippen LogP contribution in [0.15, 0.2) is 41.4 Å². The monoisotopic (exact) mass is 330 g/mol. The van der Waals surface area contributed by atoms with Gasteiger partial charge in [0.15, 0.2) is 0 Å². The maximum absolute atomic E-state index is 6.20. The Morgan fingerprint density at radius 1 is 1.35 bits per heavy atom. The van der Waals surface area contributed by atoms with Crippen LogP contribution in [0.2, 0.25) is 0 Å². The Morgan fingerprint density at radius 3 is 3.17 bits per heavy atom. The lowest BCUT2D eigenvalue weighted by Crippen LogP contribution is -2.41. The van der Waals surface area contributed by atoms with Gasteiger partial charge in [0.25, 0.3) is 0 Å². The van der Waals surface area contributed by atoms with Crippen molar-refractivity contribution in [1.29, 1.82) is 0 Å². The largest absolute Gasteiger partial charge is 0.374 e. The van der Waals surface area contributed by atoms with Gasteiger partial charge in [0.2, 0.25) is 0 Å². The molecular formula is C18H22N2O2S. The van der Waals surface area contributed by atoms with Gasteiger partial charge in [-0.3, -0.25) is 9.88 Å². The van der Waals surface area contributed by atoms with Crippen LogP contribution in [0.1, 0.15) is 24.0 Å². The van der Waals surface area contributed by atoms with Crippen LogP contribution in [0.3, 0.4) is 0 Å². The zero-order valence-corrected chi connectivity index (χ0v) is 14.0. The third-order valence-corrected chi connectivity index (χ3v) is 5.47. The van der Waals surface area contributed by atoms with E-state index in [4.69, 9.17) is 9.47 Å². The van der Waals surface area contributed by atoms with Crippen LogP contribution >= 0.6 is 11.3 Å². The highest BCUT2D eigenvalue weighted by molar-refractivity contribution is 7.07. The Morgan fingerprint density at radius 2 is 2.35 bits per heavy atom. The number of aromatic nitrogens is 1. The second-order valence-electron chi connectivity index (χ2n) is 6.32. The van der Waals surface area contributed by atoms with Crippen molar-refractivity contribution in [3.05, 3.63) is 52.5 Å². The first-order valence-corrected chi connectivity index (χ1v) is 9.21. The molecule has 0 saturated carbocycles. The molecule has 5 heteroatoms. The highest BCUT2D eigenvalue weighted by Crippen LogP contribution is 2.32. The molecule has 3 atom stereocenters. The van der Waals surface area contributed by atoms with Gasteiger partial charge in [0.1, 0.15) is 6.10 Å². The minimum atomic E-state index is 0.152. The predicted octanol–water partition coefficient (Wildman–Crippen LogP) is 3.09. The second kappa shape index (κ2) is 7.09. The van der Waals surface area contributed by atoms with Crippen LogP contribution in [0.5, 0.6) is 0 Å². The lowest BCUT2D eigenvalue weighted by Gasteiger charge is -2.32. The number of nitrogens with zero attached hydrogens (tertiary/aromatic N) is 2. The number of thiophene rings is 1. The van der Waals surface area contributed by atoms with E-state index in [1.807, 2.05) is 12.3 Å². The number of ether oxygens (including phenoxy) is 2. The van der Waals surface area contributed by atoms with Crippen molar-refractivity contribution < 1.29 is 9.47 Å². The van der Waals surface area contributed by atoms with E-state index in [0.29, 0.717) is 12.6 Å². The molecule has 0 N–H and O–H groups in total. The molecule has 0 unspecified atom stereocenters. The molecule has 4 nitrogen and oxygen atoms in total. The lowest BCUT2D eigenvalue weighted by molar-refractivity contribution is -0.0819. The fourth-order valence-corrected chi connectivity index (χ4v) is 4.30. The van der Waals surface area contributed by atoms with Gasteiger partial charge in [0.05, 0.1) is 12.7 Å². The summed E-state index contributed by atoms with van der Waals surface area (Å²) in [7, 11) is 0. The quantitative estimate of drug-likeness (QED) is 0.844. The van der Waals surface area contributed by atoms with Crippen molar-refractivity contribution >= 4 is 11.3 Å². The van der Waals surface area contributed by atoms with Crippen molar-refractivity contribution in [3.63, 3.8) is 0 Å². The summed E-state index contributed by atoms with van der Waals surface area (Å²) >= 11 is 1.76. The smallest absolute Gasteiger partial charge is 0.100 e. The predicted molar refractivity (Wildman–Crippen MR) is 90.3 cm³/mol. The van der Waals surface area contributed by atoms with Crippen LogP contribution in [0.4, 0.5) is 0 Å². The van der Waals surface area contributed by atoms with E-state index >= 15 is 0 Å². The van der Waals surface area contributed by atoms with Crippen LogP contribution < -0.4 is 0 Å². The van der Waals surface area contributed by atoms with Crippen molar-refractivity contribution in [2.45, 2.75) is 44.2 Å². The van der Waals surface area contributed by atoms with Gasteiger partial charge >= 0.3 is 0 Å². The van der Waals surface area contributed by atoms with Crippen LogP contribution in [0, 0.1) is 0 Å². The number of hydrogen-bond acceptors (Lipinski definition) is 5. The lowest BCUT2D eigenvalue weighted by atomic mass is 10.0. The third kappa shape index (κ3) is 3.48. The molecule has 2 saturated heterocycles. The summed E-state index contributed by atoms with van der Waals surface area (Å²) in [4.78, 5) is 6.70. The summed E-state index contributed by atoms with van der Waals surface area (Å²) in [5.74, 6) is 0. The minimum absolute atomic E-state index is 0.152. The van der Waals surface area contributed by atoms with Crippen molar-refractivity contribution in [2.24, 2.45) is 0 Å². The van der Waals surface area contributed by atoms with E-state index in [0.717, 1.165) is 31.7 Å². The second-order valence-corrected chi connectivity index (χ2v) is 7.10. The number of likely N-dealkylation sites (tertiary alicyclic amines) is 1. The molecule has 0 aliphatic carbocycles. The molecule has 0 spiro atoms. The molecule has 0 bridgehead atoms. The molecule has 2 aliphatic rings. The van der Waals surface area contributed by atoms with E-state index in [1.165, 1.54) is 12.0 Å². The first-order valence-electron chi connectivity index (χ1n) is 8.27. The van der Waals surface area contributed by atoms with Gasteiger partial charge in [-0.1, -0.05) is 6.07 Å². The van der Waals surface area contributed by atoms with E-state index < -0.39 is 0 Å². The summed E-state index contributed by atoms with van der Waals surface area (Å²) in [6, 6.07) is 6.72. The summed E-state index contributed by atoms with van der Waals surface area (Å²) in [6.07, 6.45) is 6.38. The topological polar surface area (TPSA) is 34.6 Å². The molecule has 2 aromatic rings. The number of pyridine rings is 1. The number of rotatable bonds is 5. The summed E-state index contributed by atoms with van der Waals surface area (Å²) < 4.78 is 12.3. The summed E-state index contributed by atoms with van der Waals surface area (Å²) in [6.45, 7) is 3.42. The molecule has 122 valence electrons. The van der Waals surface area contributed by atoms with E-state index in [1.54, 1.807) is 17.5 Å². The first kappa shape index (κ1) is 15.3. The maximum atomic E-state index is 6.20. The van der Waals surface area contributed by atoms with Gasteiger partial charge in [-0.15, -0.1) is 0 Å². The van der Waals surface area contributed by atoms with E-state index in [-0.39, 0.29) is 12.2 Å². The van der Waals surface area contributed by atoms with Gasteiger partial charge in [-0.05, 0) is 46.9 Å². The summed E-state index contributed by atoms with van der Waals surface area (Å²) in [5, 5.41) is 4.39. The highest BCUT2D eigenvalue weighted by atomic mass is 32.1. The Bertz CT molecular complexity index is 605. The fourth-order valence-electron chi connectivity index (χ4n) is 3.64. The van der Waals surface area contributed by atoms with Gasteiger partial charge in [-0.2, -0.15) is 11.3 Å².